The second-order valence-corrected chi connectivity index (χ2v) is 4.53. The number of rotatable bonds is 1. The summed E-state index contributed by atoms with van der Waals surface area (Å²) in [4.78, 5) is 2.28. The van der Waals surface area contributed by atoms with Crippen LogP contribution in [-0.4, -0.2) is 37.3 Å². The fraction of sp³-hybridized carbons (Fsp3) is 0.538. The van der Waals surface area contributed by atoms with Gasteiger partial charge in [-0.2, -0.15) is 0 Å². The van der Waals surface area contributed by atoms with E-state index < -0.39 is 6.10 Å². The molecule has 1 heterocycles. The van der Waals surface area contributed by atoms with Gasteiger partial charge in [-0.05, 0) is 17.5 Å². The molecule has 1 aliphatic heterocycles. The number of benzene rings is 1. The summed E-state index contributed by atoms with van der Waals surface area (Å²) in [5.41, 5.74) is 2.48. The van der Waals surface area contributed by atoms with Crippen molar-refractivity contribution in [2.24, 2.45) is 0 Å². The van der Waals surface area contributed by atoms with Gasteiger partial charge in [0.15, 0.2) is 0 Å². The Morgan fingerprint density at radius 2 is 1.88 bits per heavy atom. The third-order valence-electron chi connectivity index (χ3n) is 3.59. The van der Waals surface area contributed by atoms with Crippen LogP contribution in [-0.2, 0) is 11.2 Å². The summed E-state index contributed by atoms with van der Waals surface area (Å²) in [6.07, 6.45) is 0.175. The Balaban J connectivity index is 0.00000108. The van der Waals surface area contributed by atoms with Crippen LogP contribution in [0.5, 0.6) is 0 Å². The van der Waals surface area contributed by atoms with E-state index in [0.29, 0.717) is 6.42 Å². The van der Waals surface area contributed by atoms with Crippen molar-refractivity contribution >= 4 is 0 Å². The molecule has 0 amide bonds. The minimum atomic E-state index is -0.504. The van der Waals surface area contributed by atoms with Crippen LogP contribution >= 0.6 is 0 Å². The van der Waals surface area contributed by atoms with Gasteiger partial charge in [-0.1, -0.05) is 24.3 Å². The average Bonchev–Trinajstić information content (AvgIpc) is 2.66. The second-order valence-electron chi connectivity index (χ2n) is 4.53. The summed E-state index contributed by atoms with van der Waals surface area (Å²) >= 11 is 0. The number of hydrogen-bond donors (Lipinski definition) is 0. The van der Waals surface area contributed by atoms with Gasteiger partial charge < -0.3 is 9.84 Å². The first-order chi connectivity index (χ1) is 7.86. The van der Waals surface area contributed by atoms with Crippen LogP contribution in [0.4, 0.5) is 0 Å². The van der Waals surface area contributed by atoms with Gasteiger partial charge in [0.05, 0.1) is 13.2 Å². The second kappa shape index (κ2) is 5.56. The maximum Gasteiger partial charge on any atom is 1.00 e. The van der Waals surface area contributed by atoms with E-state index >= 15 is 0 Å². The molecule has 2 aliphatic rings. The summed E-state index contributed by atoms with van der Waals surface area (Å²) in [6.45, 7) is 3.28. The fourth-order valence-corrected chi connectivity index (χ4v) is 2.82. The first-order valence-electron chi connectivity index (χ1n) is 5.91. The third-order valence-corrected chi connectivity index (χ3v) is 3.59. The molecule has 1 aliphatic carbocycles. The Morgan fingerprint density at radius 1 is 1.18 bits per heavy atom. The minimum Gasteiger partial charge on any atom is -0.850 e. The van der Waals surface area contributed by atoms with E-state index in [4.69, 9.17) is 4.74 Å². The van der Waals surface area contributed by atoms with Gasteiger partial charge >= 0.3 is 18.9 Å². The largest absolute Gasteiger partial charge is 1.00 e. The third kappa shape index (κ3) is 2.45. The monoisotopic (exact) mass is 225 g/mol. The van der Waals surface area contributed by atoms with Crippen molar-refractivity contribution in [1.82, 2.24) is 4.90 Å². The van der Waals surface area contributed by atoms with E-state index in [1.807, 2.05) is 12.1 Å². The average molecular weight is 225 g/mol. The number of morpholine rings is 1. The molecular weight excluding hydrogens is 209 g/mol. The maximum absolute atomic E-state index is 12.1. The normalized spacial score (nSPS) is 28.5. The molecule has 0 radical (unpaired) electrons. The molecule has 1 aromatic carbocycles. The van der Waals surface area contributed by atoms with E-state index in [1.54, 1.807) is 0 Å². The molecule has 4 heteroatoms. The zero-order valence-corrected chi connectivity index (χ0v) is 10.3. The molecular formula is C13H16LiNO2. The molecule has 0 aromatic heterocycles. The van der Waals surface area contributed by atoms with Gasteiger partial charge in [0.25, 0.3) is 0 Å². The Morgan fingerprint density at radius 3 is 2.65 bits per heavy atom. The van der Waals surface area contributed by atoms with Crippen molar-refractivity contribution in [1.29, 1.82) is 0 Å². The molecule has 86 valence electrons. The van der Waals surface area contributed by atoms with E-state index in [1.165, 1.54) is 11.1 Å². The molecule has 0 spiro atoms. The Labute approximate surface area is 114 Å². The Kier molecular flexibility index (Phi) is 4.30. The molecule has 0 N–H and O–H groups in total. The molecule has 3 nitrogen and oxygen atoms in total. The Bertz CT molecular complexity index is 379. The first kappa shape index (κ1) is 13.1. The quantitative estimate of drug-likeness (QED) is 0.490. The van der Waals surface area contributed by atoms with Gasteiger partial charge in [0, 0.05) is 19.1 Å². The van der Waals surface area contributed by atoms with Gasteiger partial charge in [0.2, 0.25) is 0 Å². The number of ether oxygens (including phenoxy) is 1. The van der Waals surface area contributed by atoms with E-state index in [9.17, 15) is 5.11 Å². The summed E-state index contributed by atoms with van der Waals surface area (Å²) in [5.74, 6) is 0. The number of hydrogen-bond acceptors (Lipinski definition) is 3. The fourth-order valence-electron chi connectivity index (χ4n) is 2.82. The van der Waals surface area contributed by atoms with Gasteiger partial charge in [-0.3, -0.25) is 4.90 Å². The standard InChI is InChI=1S/C13H16NO2.Li/c15-12-9-10-3-1-2-4-11(10)13(12)14-5-7-16-8-6-14;/h1-4,12-13H,5-9H2;/q-1;+1/t12-,13-;/m0./s1. The molecule has 0 saturated carbocycles. The molecule has 3 rings (SSSR count). The maximum atomic E-state index is 12.1. The number of nitrogens with zero attached hydrogens (tertiary/aromatic N) is 1. The van der Waals surface area contributed by atoms with Gasteiger partial charge in [-0.25, -0.2) is 0 Å². The number of fused-ring (bicyclic) bond motifs is 1. The van der Waals surface area contributed by atoms with Crippen molar-refractivity contribution in [3.63, 3.8) is 0 Å². The van der Waals surface area contributed by atoms with Crippen LogP contribution in [0.15, 0.2) is 24.3 Å². The van der Waals surface area contributed by atoms with Crippen LogP contribution in [0, 0.1) is 0 Å². The molecule has 0 unspecified atom stereocenters. The smallest absolute Gasteiger partial charge is 0.850 e. The molecule has 1 fully saturated rings. The summed E-state index contributed by atoms with van der Waals surface area (Å²) in [6, 6.07) is 8.31. The minimum absolute atomic E-state index is 0. The summed E-state index contributed by atoms with van der Waals surface area (Å²) in [7, 11) is 0. The molecule has 17 heavy (non-hydrogen) atoms. The SMILES string of the molecule is [Li+].[O-][C@H]1Cc2ccccc2[C@@H]1N1CCOCC1. The first-order valence-corrected chi connectivity index (χ1v) is 5.91. The van der Waals surface area contributed by atoms with E-state index in [-0.39, 0.29) is 24.9 Å². The van der Waals surface area contributed by atoms with E-state index in [2.05, 4.69) is 17.0 Å². The molecule has 1 aromatic rings. The summed E-state index contributed by atoms with van der Waals surface area (Å²) < 4.78 is 5.34. The molecule has 0 bridgehead atoms. The van der Waals surface area contributed by atoms with Crippen LogP contribution in [0.3, 0.4) is 0 Å². The van der Waals surface area contributed by atoms with Crippen molar-refractivity contribution in [2.75, 3.05) is 26.3 Å². The van der Waals surface area contributed by atoms with Gasteiger partial charge in [-0.15, -0.1) is 6.10 Å². The molecule has 1 saturated heterocycles. The zero-order chi connectivity index (χ0) is 11.0. The zero-order valence-electron chi connectivity index (χ0n) is 10.3. The van der Waals surface area contributed by atoms with Gasteiger partial charge in [0.1, 0.15) is 0 Å². The predicted molar refractivity (Wildman–Crippen MR) is 59.1 cm³/mol. The molecule has 2 atom stereocenters. The summed E-state index contributed by atoms with van der Waals surface area (Å²) in [5, 5.41) is 12.1. The van der Waals surface area contributed by atoms with Crippen molar-refractivity contribution in [2.45, 2.75) is 18.6 Å². The topological polar surface area (TPSA) is 35.5 Å². The van der Waals surface area contributed by atoms with E-state index in [0.717, 1.165) is 26.3 Å². The van der Waals surface area contributed by atoms with Crippen LogP contribution in [0.2, 0.25) is 0 Å². The van der Waals surface area contributed by atoms with Crippen LogP contribution in [0.1, 0.15) is 17.2 Å². The van der Waals surface area contributed by atoms with Crippen LogP contribution < -0.4 is 24.0 Å². The van der Waals surface area contributed by atoms with Crippen molar-refractivity contribution in [3.8, 4) is 0 Å². The van der Waals surface area contributed by atoms with Crippen molar-refractivity contribution in [3.05, 3.63) is 35.4 Å². The van der Waals surface area contributed by atoms with Crippen LogP contribution in [0.25, 0.3) is 0 Å². The predicted octanol–water partition coefficient (Wildman–Crippen LogP) is -2.65. The van der Waals surface area contributed by atoms with Crippen molar-refractivity contribution < 1.29 is 28.7 Å². The Hall–Kier alpha value is -0.303.